The van der Waals surface area contributed by atoms with Gasteiger partial charge in [-0.05, 0) is 42.2 Å². The van der Waals surface area contributed by atoms with Crippen LogP contribution in [0.3, 0.4) is 0 Å². The van der Waals surface area contributed by atoms with Crippen molar-refractivity contribution in [1.82, 2.24) is 15.0 Å². The predicted octanol–water partition coefficient (Wildman–Crippen LogP) is 4.35. The molecule has 0 spiro atoms. The van der Waals surface area contributed by atoms with Crippen LogP contribution in [0.5, 0.6) is 5.75 Å². The van der Waals surface area contributed by atoms with E-state index in [1.807, 2.05) is 30.3 Å². The molecule has 0 bridgehead atoms. The first kappa shape index (κ1) is 27.3. The number of carbonyl (C=O) groups is 2. The van der Waals surface area contributed by atoms with Gasteiger partial charge in [-0.15, -0.1) is 0 Å². The molecule has 1 aromatic heterocycles. The van der Waals surface area contributed by atoms with E-state index < -0.39 is 5.60 Å². The van der Waals surface area contributed by atoms with Gasteiger partial charge in [-0.25, -0.2) is 4.39 Å². The summed E-state index contributed by atoms with van der Waals surface area (Å²) in [6, 6.07) is 17.0. The highest BCUT2D eigenvalue weighted by Gasteiger charge is 2.42. The minimum Gasteiger partial charge on any atom is -0.490 e. The van der Waals surface area contributed by atoms with Crippen LogP contribution >= 0.6 is 0 Å². The lowest BCUT2D eigenvalue weighted by atomic mass is 9.96. The summed E-state index contributed by atoms with van der Waals surface area (Å²) in [7, 11) is 1.74. The lowest BCUT2D eigenvalue weighted by molar-refractivity contribution is -0.152. The average molecular weight is 524 g/mol. The zero-order valence-electron chi connectivity index (χ0n) is 22.1. The molecule has 1 aliphatic heterocycles. The molecule has 8 nitrogen and oxygen atoms in total. The molecule has 1 aliphatic rings. The third-order valence-electron chi connectivity index (χ3n) is 6.40. The Kier molecular flexibility index (Phi) is 8.78. The highest BCUT2D eigenvalue weighted by atomic mass is 19.1. The van der Waals surface area contributed by atoms with Crippen molar-refractivity contribution >= 4 is 11.8 Å². The van der Waals surface area contributed by atoms with E-state index in [4.69, 9.17) is 14.0 Å². The van der Waals surface area contributed by atoms with Crippen molar-refractivity contribution in [1.29, 1.82) is 0 Å². The minimum atomic E-state index is -1.11. The molecule has 2 amide bonds. The standard InChI is InChI=1S/C29H34FN3O5/c1-21(2)15-24-16-26(38-31-24)28(35)33-13-14-37-29(19-33,20-36-25-11-9-23(30)10-12-25)17-27(34)32(3)18-22-7-5-4-6-8-22/h4-12,16,21H,13-15,17-20H2,1-3H3/t29-/m1/s1. The molecule has 0 aliphatic carbocycles. The fourth-order valence-electron chi connectivity index (χ4n) is 4.45. The SMILES string of the molecule is CC(C)Cc1cc(C(=O)N2CCO[C@](COc3ccc(F)cc3)(CC(=O)N(C)Cc3ccccc3)C2)on1. The van der Waals surface area contributed by atoms with Crippen molar-refractivity contribution < 1.29 is 28.0 Å². The number of hydrogen-bond acceptors (Lipinski definition) is 6. The molecule has 0 saturated carbocycles. The summed E-state index contributed by atoms with van der Waals surface area (Å²) in [5, 5.41) is 4.03. The van der Waals surface area contributed by atoms with Gasteiger partial charge in [0.25, 0.3) is 5.91 Å². The summed E-state index contributed by atoms with van der Waals surface area (Å²) in [5.41, 5.74) is 0.620. The molecule has 2 aromatic carbocycles. The summed E-state index contributed by atoms with van der Waals surface area (Å²) in [6.07, 6.45) is 0.702. The Morgan fingerprint density at radius 1 is 1.16 bits per heavy atom. The highest BCUT2D eigenvalue weighted by molar-refractivity contribution is 5.91. The van der Waals surface area contributed by atoms with Gasteiger partial charge in [-0.1, -0.05) is 49.3 Å². The van der Waals surface area contributed by atoms with Crippen LogP contribution < -0.4 is 4.74 Å². The maximum Gasteiger partial charge on any atom is 0.292 e. The molecular formula is C29H34FN3O5. The first-order chi connectivity index (χ1) is 18.2. The van der Waals surface area contributed by atoms with E-state index in [-0.39, 0.29) is 49.6 Å². The van der Waals surface area contributed by atoms with Gasteiger partial charge >= 0.3 is 0 Å². The fourth-order valence-corrected chi connectivity index (χ4v) is 4.45. The molecule has 1 fully saturated rings. The number of amides is 2. The number of ether oxygens (including phenoxy) is 2. The molecule has 0 radical (unpaired) electrons. The molecule has 38 heavy (non-hydrogen) atoms. The molecule has 202 valence electrons. The second-order valence-corrected chi connectivity index (χ2v) is 10.2. The van der Waals surface area contributed by atoms with Crippen molar-refractivity contribution in [3.8, 4) is 5.75 Å². The van der Waals surface area contributed by atoms with Gasteiger partial charge in [0.05, 0.1) is 25.3 Å². The van der Waals surface area contributed by atoms with Crippen molar-refractivity contribution in [3.63, 3.8) is 0 Å². The molecule has 9 heteroatoms. The van der Waals surface area contributed by atoms with Crippen LogP contribution in [-0.4, -0.2) is 65.7 Å². The molecule has 3 aromatic rings. The monoisotopic (exact) mass is 523 g/mol. The number of rotatable bonds is 10. The Balaban J connectivity index is 1.51. The number of morpholine rings is 1. The normalized spacial score (nSPS) is 17.4. The Bertz CT molecular complexity index is 1210. The van der Waals surface area contributed by atoms with Crippen LogP contribution in [0.2, 0.25) is 0 Å². The maximum atomic E-state index is 13.4. The summed E-state index contributed by atoms with van der Waals surface area (Å²) in [5.74, 6) is 0.137. The van der Waals surface area contributed by atoms with Crippen LogP contribution in [0.25, 0.3) is 0 Å². The van der Waals surface area contributed by atoms with E-state index >= 15 is 0 Å². The van der Waals surface area contributed by atoms with Gasteiger partial charge in [-0.3, -0.25) is 9.59 Å². The first-order valence-corrected chi connectivity index (χ1v) is 12.8. The maximum absolute atomic E-state index is 13.4. The lowest BCUT2D eigenvalue weighted by Gasteiger charge is -2.42. The number of hydrogen-bond donors (Lipinski definition) is 0. The summed E-state index contributed by atoms with van der Waals surface area (Å²) in [6.45, 7) is 5.26. The van der Waals surface area contributed by atoms with Gasteiger partial charge in [0, 0.05) is 26.2 Å². The summed E-state index contributed by atoms with van der Waals surface area (Å²) in [4.78, 5) is 29.9. The van der Waals surface area contributed by atoms with Crippen molar-refractivity contribution in [2.45, 2.75) is 38.8 Å². The predicted molar refractivity (Wildman–Crippen MR) is 139 cm³/mol. The third kappa shape index (κ3) is 7.19. The lowest BCUT2D eigenvalue weighted by Crippen LogP contribution is -2.58. The minimum absolute atomic E-state index is 0.00232. The van der Waals surface area contributed by atoms with Gasteiger partial charge in [0.15, 0.2) is 0 Å². The van der Waals surface area contributed by atoms with E-state index in [0.717, 1.165) is 11.3 Å². The highest BCUT2D eigenvalue weighted by Crippen LogP contribution is 2.27. The average Bonchev–Trinajstić information content (AvgIpc) is 3.36. The van der Waals surface area contributed by atoms with Gasteiger partial charge in [-0.2, -0.15) is 0 Å². The molecule has 1 saturated heterocycles. The fraction of sp³-hybridized carbons (Fsp3) is 0.414. The van der Waals surface area contributed by atoms with Crippen molar-refractivity contribution in [2.24, 2.45) is 5.92 Å². The summed E-state index contributed by atoms with van der Waals surface area (Å²) >= 11 is 0. The van der Waals surface area contributed by atoms with Crippen LogP contribution in [0.15, 0.2) is 65.2 Å². The van der Waals surface area contributed by atoms with E-state index in [1.54, 1.807) is 22.9 Å². The summed E-state index contributed by atoms with van der Waals surface area (Å²) < 4.78 is 30.8. The molecule has 0 N–H and O–H groups in total. The van der Waals surface area contributed by atoms with E-state index in [2.05, 4.69) is 19.0 Å². The molecule has 2 heterocycles. The number of halogens is 1. The second-order valence-electron chi connectivity index (χ2n) is 10.2. The number of benzene rings is 2. The Labute approximate surface area is 222 Å². The second kappa shape index (κ2) is 12.2. The van der Waals surface area contributed by atoms with Crippen LogP contribution in [-0.2, 0) is 22.5 Å². The molecule has 4 rings (SSSR count). The third-order valence-corrected chi connectivity index (χ3v) is 6.40. The van der Waals surface area contributed by atoms with Crippen LogP contribution in [0.1, 0.15) is 42.1 Å². The topological polar surface area (TPSA) is 85.1 Å². The van der Waals surface area contributed by atoms with Crippen LogP contribution in [0, 0.1) is 11.7 Å². The van der Waals surface area contributed by atoms with Crippen molar-refractivity contribution in [2.75, 3.05) is 33.4 Å². The van der Waals surface area contributed by atoms with Crippen LogP contribution in [0.4, 0.5) is 4.39 Å². The van der Waals surface area contributed by atoms with Crippen molar-refractivity contribution in [3.05, 3.63) is 83.5 Å². The molecule has 1 atom stereocenters. The van der Waals surface area contributed by atoms with E-state index in [0.29, 0.717) is 31.2 Å². The molecular weight excluding hydrogens is 489 g/mol. The number of nitrogens with zero attached hydrogens (tertiary/aromatic N) is 3. The largest absolute Gasteiger partial charge is 0.490 e. The zero-order valence-corrected chi connectivity index (χ0v) is 22.1. The Morgan fingerprint density at radius 3 is 2.61 bits per heavy atom. The number of carbonyl (C=O) groups excluding carboxylic acids is 2. The quantitative estimate of drug-likeness (QED) is 0.393. The first-order valence-electron chi connectivity index (χ1n) is 12.8. The van der Waals surface area contributed by atoms with Gasteiger partial charge < -0.3 is 23.8 Å². The smallest absolute Gasteiger partial charge is 0.292 e. The van der Waals surface area contributed by atoms with Gasteiger partial charge in [0.1, 0.15) is 23.8 Å². The van der Waals surface area contributed by atoms with E-state index in [1.165, 1.54) is 24.3 Å². The van der Waals surface area contributed by atoms with E-state index in [9.17, 15) is 14.0 Å². The molecule has 0 unspecified atom stereocenters. The number of aromatic nitrogens is 1. The zero-order chi connectivity index (χ0) is 27.1. The Morgan fingerprint density at radius 2 is 1.89 bits per heavy atom. The van der Waals surface area contributed by atoms with Gasteiger partial charge in [0.2, 0.25) is 11.7 Å². The Hall–Kier alpha value is -3.72.